The van der Waals surface area contributed by atoms with Crippen LogP contribution >= 0.6 is 11.6 Å². The summed E-state index contributed by atoms with van der Waals surface area (Å²) in [6.07, 6.45) is 1.49. The van der Waals surface area contributed by atoms with Gasteiger partial charge in [-0.2, -0.15) is 4.31 Å². The number of sulfonamides is 1. The van der Waals surface area contributed by atoms with E-state index >= 15 is 0 Å². The summed E-state index contributed by atoms with van der Waals surface area (Å²) in [6.45, 7) is 3.58. The van der Waals surface area contributed by atoms with E-state index in [0.717, 1.165) is 6.07 Å². The third kappa shape index (κ3) is 5.53. The highest BCUT2D eigenvalue weighted by Gasteiger charge is 2.19. The summed E-state index contributed by atoms with van der Waals surface area (Å²) >= 11 is 5.78. The maximum atomic E-state index is 13.6. The lowest BCUT2D eigenvalue weighted by Gasteiger charge is -2.15. The first kappa shape index (κ1) is 20.9. The van der Waals surface area contributed by atoms with Crippen molar-refractivity contribution in [1.29, 1.82) is 0 Å². The largest absolute Gasteiger partial charge is 0.376 e. The molecule has 2 rings (SSSR count). The Morgan fingerprint density at radius 1 is 1.26 bits per heavy atom. The van der Waals surface area contributed by atoms with Crippen LogP contribution in [0.1, 0.15) is 0 Å². The summed E-state index contributed by atoms with van der Waals surface area (Å²) in [5.41, 5.74) is 0.531. The zero-order valence-electron chi connectivity index (χ0n) is 14.6. The number of nitrogens with zero attached hydrogens (tertiary/aromatic N) is 1. The molecule has 2 N–H and O–H groups in total. The zero-order valence-corrected chi connectivity index (χ0v) is 16.1. The molecule has 0 fully saturated rings. The van der Waals surface area contributed by atoms with Crippen molar-refractivity contribution in [2.45, 2.75) is 4.90 Å². The van der Waals surface area contributed by atoms with Gasteiger partial charge in [0.1, 0.15) is 5.82 Å². The second-order valence-electron chi connectivity index (χ2n) is 5.62. The molecule has 0 saturated carbocycles. The fourth-order valence-corrected chi connectivity index (χ4v) is 3.49. The Bertz CT molecular complexity index is 933. The lowest BCUT2D eigenvalue weighted by Crippen LogP contribution is -2.27. The van der Waals surface area contributed by atoms with Crippen LogP contribution in [0, 0.1) is 5.82 Å². The Morgan fingerprint density at radius 3 is 2.56 bits per heavy atom. The Balaban J connectivity index is 1.97. The van der Waals surface area contributed by atoms with E-state index in [1.165, 1.54) is 41.7 Å². The molecule has 0 aromatic heterocycles. The van der Waals surface area contributed by atoms with E-state index in [1.807, 2.05) is 0 Å². The first-order valence-corrected chi connectivity index (χ1v) is 9.72. The van der Waals surface area contributed by atoms with Crippen LogP contribution in [0.25, 0.3) is 0 Å². The molecular weight excluding hydrogens is 393 g/mol. The van der Waals surface area contributed by atoms with Gasteiger partial charge in [-0.1, -0.05) is 17.7 Å². The summed E-state index contributed by atoms with van der Waals surface area (Å²) in [5.74, 6) is -1.07. The number of nitrogens with one attached hydrogen (secondary N) is 2. The number of carbonyl (C=O) groups is 1. The molecule has 0 unspecified atom stereocenters. The van der Waals surface area contributed by atoms with Gasteiger partial charge in [-0.25, -0.2) is 12.8 Å². The van der Waals surface area contributed by atoms with Gasteiger partial charge >= 0.3 is 0 Å². The molecule has 0 spiro atoms. The molecular formula is C18H19ClFN3O3S. The highest BCUT2D eigenvalue weighted by molar-refractivity contribution is 7.89. The molecule has 0 aliphatic rings. The van der Waals surface area contributed by atoms with Gasteiger partial charge in [-0.15, -0.1) is 6.58 Å². The molecule has 0 aliphatic heterocycles. The SMILES string of the molecule is C=CCN(C)S(=O)(=O)c1ccc(NCC(=O)Nc2cc(Cl)ccc2F)cc1. The van der Waals surface area contributed by atoms with Crippen molar-refractivity contribution >= 4 is 38.9 Å². The van der Waals surface area contributed by atoms with E-state index < -0.39 is 21.7 Å². The molecule has 6 nitrogen and oxygen atoms in total. The first-order chi connectivity index (χ1) is 12.7. The molecule has 0 atom stereocenters. The minimum Gasteiger partial charge on any atom is -0.376 e. The molecule has 0 radical (unpaired) electrons. The number of likely N-dealkylation sites (N-methyl/N-ethyl adjacent to an activating group) is 1. The predicted octanol–water partition coefficient (Wildman–Crippen LogP) is 3.34. The summed E-state index contributed by atoms with van der Waals surface area (Å²) in [7, 11) is -2.14. The average Bonchev–Trinajstić information content (AvgIpc) is 2.63. The number of hydrogen-bond acceptors (Lipinski definition) is 4. The van der Waals surface area contributed by atoms with Crippen molar-refractivity contribution in [3.8, 4) is 0 Å². The first-order valence-electron chi connectivity index (χ1n) is 7.90. The number of rotatable bonds is 8. The lowest BCUT2D eigenvalue weighted by molar-refractivity contribution is -0.114. The van der Waals surface area contributed by atoms with Crippen molar-refractivity contribution in [2.75, 3.05) is 30.8 Å². The van der Waals surface area contributed by atoms with Crippen LogP contribution in [-0.2, 0) is 14.8 Å². The molecule has 0 saturated heterocycles. The molecule has 0 heterocycles. The van der Waals surface area contributed by atoms with Crippen molar-refractivity contribution in [1.82, 2.24) is 4.31 Å². The number of halogens is 2. The average molecular weight is 412 g/mol. The van der Waals surface area contributed by atoms with Crippen LogP contribution in [0.15, 0.2) is 60.0 Å². The van der Waals surface area contributed by atoms with Crippen LogP contribution in [-0.4, -0.2) is 38.8 Å². The third-order valence-corrected chi connectivity index (χ3v) is 5.68. The molecule has 27 heavy (non-hydrogen) atoms. The van der Waals surface area contributed by atoms with Crippen LogP contribution in [0.5, 0.6) is 0 Å². The molecule has 1 amide bonds. The van der Waals surface area contributed by atoms with Gasteiger partial charge in [-0.3, -0.25) is 4.79 Å². The second kappa shape index (κ2) is 8.98. The molecule has 2 aromatic rings. The highest BCUT2D eigenvalue weighted by Crippen LogP contribution is 2.20. The van der Waals surface area contributed by atoms with E-state index in [2.05, 4.69) is 17.2 Å². The lowest BCUT2D eigenvalue weighted by atomic mass is 10.3. The molecule has 9 heteroatoms. The molecule has 144 valence electrons. The number of benzene rings is 2. The van der Waals surface area contributed by atoms with Gasteiger partial charge in [0.2, 0.25) is 15.9 Å². The Hall–Kier alpha value is -2.42. The van der Waals surface area contributed by atoms with Gasteiger partial charge in [0.15, 0.2) is 0 Å². The van der Waals surface area contributed by atoms with Crippen LogP contribution in [0.2, 0.25) is 5.02 Å². The maximum Gasteiger partial charge on any atom is 0.243 e. The van der Waals surface area contributed by atoms with E-state index in [4.69, 9.17) is 11.6 Å². The summed E-state index contributed by atoms with van der Waals surface area (Å²) in [6, 6.07) is 9.82. The Labute approximate surface area is 162 Å². The monoisotopic (exact) mass is 411 g/mol. The molecule has 0 aliphatic carbocycles. The van der Waals surface area contributed by atoms with E-state index in [9.17, 15) is 17.6 Å². The van der Waals surface area contributed by atoms with Crippen LogP contribution in [0.3, 0.4) is 0 Å². The van der Waals surface area contributed by atoms with Gasteiger partial charge < -0.3 is 10.6 Å². The third-order valence-electron chi connectivity index (χ3n) is 3.60. The number of anilines is 2. The van der Waals surface area contributed by atoms with E-state index in [0.29, 0.717) is 10.7 Å². The van der Waals surface area contributed by atoms with Crippen molar-refractivity contribution in [2.24, 2.45) is 0 Å². The maximum absolute atomic E-state index is 13.6. The van der Waals surface area contributed by atoms with Gasteiger partial charge in [0.05, 0.1) is 17.1 Å². The molecule has 0 bridgehead atoms. The fraction of sp³-hybridized carbons (Fsp3) is 0.167. The highest BCUT2D eigenvalue weighted by atomic mass is 35.5. The topological polar surface area (TPSA) is 78.5 Å². The van der Waals surface area contributed by atoms with Crippen molar-refractivity contribution < 1.29 is 17.6 Å². The van der Waals surface area contributed by atoms with E-state index in [1.54, 1.807) is 12.1 Å². The summed E-state index contributed by atoms with van der Waals surface area (Å²) in [5, 5.41) is 5.56. The van der Waals surface area contributed by atoms with Crippen molar-refractivity contribution in [3.05, 3.63) is 66.0 Å². The predicted molar refractivity (Wildman–Crippen MR) is 105 cm³/mol. The minimum atomic E-state index is -3.60. The van der Waals surface area contributed by atoms with Crippen LogP contribution < -0.4 is 10.6 Å². The second-order valence-corrected chi connectivity index (χ2v) is 8.11. The van der Waals surface area contributed by atoms with Gasteiger partial charge in [0.25, 0.3) is 0 Å². The summed E-state index contributed by atoms with van der Waals surface area (Å²) in [4.78, 5) is 12.1. The minimum absolute atomic E-state index is 0.0130. The zero-order chi connectivity index (χ0) is 20.0. The smallest absolute Gasteiger partial charge is 0.243 e. The van der Waals surface area contributed by atoms with Crippen molar-refractivity contribution in [3.63, 3.8) is 0 Å². The number of hydrogen-bond donors (Lipinski definition) is 2. The molecule has 2 aromatic carbocycles. The van der Waals surface area contributed by atoms with Gasteiger partial charge in [0, 0.05) is 24.3 Å². The van der Waals surface area contributed by atoms with Crippen LogP contribution in [0.4, 0.5) is 15.8 Å². The summed E-state index contributed by atoms with van der Waals surface area (Å²) < 4.78 is 39.4. The number of carbonyl (C=O) groups excluding carboxylic acids is 1. The Morgan fingerprint density at radius 2 is 1.93 bits per heavy atom. The fourth-order valence-electron chi connectivity index (χ4n) is 2.17. The van der Waals surface area contributed by atoms with E-state index in [-0.39, 0.29) is 23.7 Å². The standard InChI is InChI=1S/C18H19ClFN3O3S/c1-3-10-23(2)27(25,26)15-7-5-14(6-8-15)21-12-18(24)22-17-11-13(19)4-9-16(17)20/h3-9,11,21H,1,10,12H2,2H3,(H,22,24). The normalized spacial score (nSPS) is 11.3. The Kier molecular flexibility index (Phi) is 6.95. The van der Waals surface area contributed by atoms with Gasteiger partial charge in [-0.05, 0) is 42.5 Å². The quantitative estimate of drug-likeness (QED) is 0.653. The number of amides is 1.